The number of rotatable bonds is 4. The minimum Gasteiger partial charge on any atom is -0.349 e. The van der Waals surface area contributed by atoms with E-state index in [1.165, 1.54) is 51.4 Å². The summed E-state index contributed by atoms with van der Waals surface area (Å²) in [6.07, 6.45) is 15.4. The number of amides is 2. The van der Waals surface area contributed by atoms with Gasteiger partial charge in [-0.15, -0.1) is 0 Å². The normalized spacial score (nSPS) is 20.0. The maximum absolute atomic E-state index is 12.6. The number of carbonyl (C=O) groups is 2. The number of pyridine rings is 1. The number of aromatic nitrogens is 1. The van der Waals surface area contributed by atoms with E-state index in [0.717, 1.165) is 25.7 Å². The second kappa shape index (κ2) is 9.70. The predicted octanol–water partition coefficient (Wildman–Crippen LogP) is 3.99. The summed E-state index contributed by atoms with van der Waals surface area (Å²) >= 11 is 0. The van der Waals surface area contributed by atoms with Gasteiger partial charge in [0.15, 0.2) is 0 Å². The molecule has 2 N–H and O–H groups in total. The van der Waals surface area contributed by atoms with Gasteiger partial charge in [-0.25, -0.2) is 0 Å². The first kappa shape index (κ1) is 18.9. The van der Waals surface area contributed by atoms with Crippen LogP contribution in [0.1, 0.15) is 97.9 Å². The molecule has 5 heteroatoms. The largest absolute Gasteiger partial charge is 0.349 e. The van der Waals surface area contributed by atoms with Crippen LogP contribution in [-0.4, -0.2) is 28.9 Å². The van der Waals surface area contributed by atoms with E-state index in [2.05, 4.69) is 15.6 Å². The summed E-state index contributed by atoms with van der Waals surface area (Å²) in [5.74, 6) is -0.260. The van der Waals surface area contributed by atoms with Crippen LogP contribution in [0.25, 0.3) is 0 Å². The molecule has 1 aromatic heterocycles. The first-order valence-electron chi connectivity index (χ1n) is 10.3. The summed E-state index contributed by atoms with van der Waals surface area (Å²) in [7, 11) is 0. The van der Waals surface area contributed by atoms with E-state index in [9.17, 15) is 9.59 Å². The van der Waals surface area contributed by atoms with Crippen molar-refractivity contribution >= 4 is 11.8 Å². The maximum atomic E-state index is 12.6. The third-order valence-electron chi connectivity index (χ3n) is 5.64. The van der Waals surface area contributed by atoms with Crippen molar-refractivity contribution in [2.75, 3.05) is 0 Å². The average Bonchev–Trinajstić information content (AvgIpc) is 3.07. The minimum absolute atomic E-state index is 0.0946. The van der Waals surface area contributed by atoms with Crippen molar-refractivity contribution < 1.29 is 9.59 Å². The van der Waals surface area contributed by atoms with E-state index in [1.54, 1.807) is 18.3 Å². The Kier molecular flexibility index (Phi) is 7.04. The fraction of sp³-hybridized carbons (Fsp3) is 0.667. The van der Waals surface area contributed by atoms with Crippen molar-refractivity contribution in [1.82, 2.24) is 15.6 Å². The fourth-order valence-electron chi connectivity index (χ4n) is 4.07. The van der Waals surface area contributed by atoms with Gasteiger partial charge in [-0.3, -0.25) is 14.6 Å². The van der Waals surface area contributed by atoms with Crippen LogP contribution in [0, 0.1) is 0 Å². The molecular formula is C21H31N3O2. The summed E-state index contributed by atoms with van der Waals surface area (Å²) < 4.78 is 0. The summed E-state index contributed by atoms with van der Waals surface area (Å²) in [6.45, 7) is 0. The summed E-state index contributed by atoms with van der Waals surface area (Å²) in [4.78, 5) is 29.3. The molecule has 2 aliphatic rings. The Bertz CT molecular complexity index is 552. The van der Waals surface area contributed by atoms with E-state index < -0.39 is 0 Å². The maximum Gasteiger partial charge on any atom is 0.270 e. The number of nitrogens with zero attached hydrogens (tertiary/aromatic N) is 1. The zero-order valence-corrected chi connectivity index (χ0v) is 15.6. The molecule has 0 aromatic carbocycles. The predicted molar refractivity (Wildman–Crippen MR) is 102 cm³/mol. The van der Waals surface area contributed by atoms with Crippen LogP contribution in [0.2, 0.25) is 0 Å². The van der Waals surface area contributed by atoms with Crippen LogP contribution in [0.4, 0.5) is 0 Å². The quantitative estimate of drug-likeness (QED) is 0.801. The molecule has 0 saturated heterocycles. The smallest absolute Gasteiger partial charge is 0.270 e. The molecule has 2 saturated carbocycles. The van der Waals surface area contributed by atoms with Gasteiger partial charge in [-0.1, -0.05) is 51.4 Å². The molecule has 0 aliphatic heterocycles. The van der Waals surface area contributed by atoms with Crippen molar-refractivity contribution in [3.63, 3.8) is 0 Å². The Balaban J connectivity index is 1.59. The van der Waals surface area contributed by atoms with Crippen molar-refractivity contribution in [2.24, 2.45) is 0 Å². The molecule has 5 nitrogen and oxygen atoms in total. The van der Waals surface area contributed by atoms with Gasteiger partial charge < -0.3 is 10.6 Å². The van der Waals surface area contributed by atoms with E-state index in [4.69, 9.17) is 0 Å². The highest BCUT2D eigenvalue weighted by atomic mass is 16.2. The monoisotopic (exact) mass is 357 g/mol. The minimum atomic E-state index is -0.166. The van der Waals surface area contributed by atoms with Gasteiger partial charge in [0.2, 0.25) is 0 Å². The number of carbonyl (C=O) groups excluding carboxylic acids is 2. The zero-order chi connectivity index (χ0) is 18.2. The highest BCUT2D eigenvalue weighted by molar-refractivity contribution is 5.98. The summed E-state index contributed by atoms with van der Waals surface area (Å²) in [5.41, 5.74) is 0.859. The molecule has 142 valence electrons. The molecule has 0 bridgehead atoms. The van der Waals surface area contributed by atoms with E-state index in [-0.39, 0.29) is 23.9 Å². The molecule has 1 aromatic rings. The standard InChI is InChI=1S/C21H31N3O2/c25-20(23-17-9-5-1-2-6-10-17)16-13-14-22-19(15-16)21(26)24-18-11-7-3-4-8-12-18/h13-15,17-18H,1-12H2,(H,23,25)(H,24,26). The van der Waals surface area contributed by atoms with Crippen molar-refractivity contribution in [3.05, 3.63) is 29.6 Å². The van der Waals surface area contributed by atoms with Gasteiger partial charge in [0.1, 0.15) is 5.69 Å². The number of hydrogen-bond acceptors (Lipinski definition) is 3. The molecule has 0 atom stereocenters. The molecule has 0 radical (unpaired) electrons. The topological polar surface area (TPSA) is 71.1 Å². The Hall–Kier alpha value is -1.91. The molecular weight excluding hydrogens is 326 g/mol. The summed E-state index contributed by atoms with van der Waals surface area (Å²) in [6, 6.07) is 3.80. The highest BCUT2D eigenvalue weighted by Gasteiger charge is 2.19. The summed E-state index contributed by atoms with van der Waals surface area (Å²) in [5, 5.41) is 6.23. The van der Waals surface area contributed by atoms with E-state index in [1.807, 2.05) is 0 Å². The van der Waals surface area contributed by atoms with Crippen LogP contribution >= 0.6 is 0 Å². The first-order chi connectivity index (χ1) is 12.7. The molecule has 0 spiro atoms. The number of nitrogens with one attached hydrogen (secondary N) is 2. The van der Waals surface area contributed by atoms with Crippen LogP contribution in [0.3, 0.4) is 0 Å². The van der Waals surface area contributed by atoms with Crippen LogP contribution in [0.5, 0.6) is 0 Å². The lowest BCUT2D eigenvalue weighted by molar-refractivity contribution is 0.0928. The molecule has 3 rings (SSSR count). The van der Waals surface area contributed by atoms with E-state index >= 15 is 0 Å². The SMILES string of the molecule is O=C(NC1CCCCCC1)c1ccnc(C(=O)NC2CCCCCC2)c1. The van der Waals surface area contributed by atoms with Crippen LogP contribution in [-0.2, 0) is 0 Å². The Labute approximate surface area is 156 Å². The lowest BCUT2D eigenvalue weighted by Crippen LogP contribution is -2.36. The fourth-order valence-corrected chi connectivity index (χ4v) is 4.07. The third-order valence-corrected chi connectivity index (χ3v) is 5.64. The third kappa shape index (κ3) is 5.55. The number of hydrogen-bond donors (Lipinski definition) is 2. The molecule has 1 heterocycles. The molecule has 26 heavy (non-hydrogen) atoms. The molecule has 2 amide bonds. The van der Waals surface area contributed by atoms with Crippen molar-refractivity contribution in [3.8, 4) is 0 Å². The highest BCUT2D eigenvalue weighted by Crippen LogP contribution is 2.19. The second-order valence-electron chi connectivity index (χ2n) is 7.75. The zero-order valence-electron chi connectivity index (χ0n) is 15.6. The molecule has 0 unspecified atom stereocenters. The van der Waals surface area contributed by atoms with Crippen molar-refractivity contribution in [1.29, 1.82) is 0 Å². The Morgan fingerprint density at radius 1 is 0.769 bits per heavy atom. The molecule has 2 aliphatic carbocycles. The van der Waals surface area contributed by atoms with Crippen molar-refractivity contribution in [2.45, 2.75) is 89.1 Å². The van der Waals surface area contributed by atoms with E-state index in [0.29, 0.717) is 11.3 Å². The van der Waals surface area contributed by atoms with Gasteiger partial charge in [0.25, 0.3) is 11.8 Å². The van der Waals surface area contributed by atoms with Gasteiger partial charge >= 0.3 is 0 Å². The second-order valence-corrected chi connectivity index (χ2v) is 7.75. The Morgan fingerprint density at radius 3 is 1.81 bits per heavy atom. The van der Waals surface area contributed by atoms with Gasteiger partial charge in [0, 0.05) is 23.8 Å². The van der Waals surface area contributed by atoms with Gasteiger partial charge in [0.05, 0.1) is 0 Å². The first-order valence-corrected chi connectivity index (χ1v) is 10.3. The van der Waals surface area contributed by atoms with Gasteiger partial charge in [-0.2, -0.15) is 0 Å². The lowest BCUT2D eigenvalue weighted by atomic mass is 10.1. The van der Waals surface area contributed by atoms with Crippen LogP contribution in [0.15, 0.2) is 18.3 Å². The average molecular weight is 357 g/mol. The lowest BCUT2D eigenvalue weighted by Gasteiger charge is -2.17. The van der Waals surface area contributed by atoms with Gasteiger partial charge in [-0.05, 0) is 37.8 Å². The molecule has 2 fully saturated rings. The van der Waals surface area contributed by atoms with Crippen LogP contribution < -0.4 is 10.6 Å². The Morgan fingerprint density at radius 2 is 1.27 bits per heavy atom.